The minimum Gasteiger partial charge on any atom is -0.347 e. The van der Waals surface area contributed by atoms with Crippen molar-refractivity contribution >= 4 is 5.78 Å². The molecular formula is C23H32O5. The number of ether oxygens (including phenoxy) is 4. The first-order chi connectivity index (χ1) is 13.4. The standard InChI is InChI=1S/C23H32O5/c1-20-7-8-22(25-9-10-26-22)13-15(20)3-4-16-17-5-6-23(27-11-12-28-23)21(17,2)14-18(24)19(16)20/h13,16-17,19H,3-12,14H2,1-2H3/t16-,17+,19+,20-,21+/m0/s1. The van der Waals surface area contributed by atoms with E-state index in [1.807, 2.05) is 0 Å². The van der Waals surface area contributed by atoms with E-state index in [1.54, 1.807) is 0 Å². The van der Waals surface area contributed by atoms with E-state index in [4.69, 9.17) is 18.9 Å². The molecule has 5 nitrogen and oxygen atoms in total. The van der Waals surface area contributed by atoms with Gasteiger partial charge >= 0.3 is 0 Å². The number of Topliss-reactive ketones (excluding diaryl/α,β-unsaturated/α-hetero) is 1. The summed E-state index contributed by atoms with van der Waals surface area (Å²) >= 11 is 0. The Kier molecular flexibility index (Phi) is 3.67. The van der Waals surface area contributed by atoms with E-state index in [-0.39, 0.29) is 16.7 Å². The molecule has 0 amide bonds. The fraction of sp³-hybridized carbons (Fsp3) is 0.870. The van der Waals surface area contributed by atoms with Crippen molar-refractivity contribution in [3.63, 3.8) is 0 Å². The molecule has 0 bridgehead atoms. The van der Waals surface area contributed by atoms with Crippen molar-refractivity contribution in [3.8, 4) is 0 Å². The van der Waals surface area contributed by atoms with Crippen LogP contribution in [0.2, 0.25) is 0 Å². The molecule has 2 heterocycles. The molecule has 6 aliphatic rings. The zero-order valence-electron chi connectivity index (χ0n) is 17.1. The summed E-state index contributed by atoms with van der Waals surface area (Å²) in [6.07, 6.45) is 8.89. The monoisotopic (exact) mass is 388 g/mol. The number of hydrogen-bond donors (Lipinski definition) is 0. The minimum atomic E-state index is -0.517. The van der Waals surface area contributed by atoms with E-state index >= 15 is 0 Å². The third-order valence-corrected chi connectivity index (χ3v) is 9.39. The molecule has 154 valence electrons. The first kappa shape index (κ1) is 18.1. The van der Waals surface area contributed by atoms with E-state index in [1.165, 1.54) is 5.57 Å². The Morgan fingerprint density at radius 3 is 2.39 bits per heavy atom. The van der Waals surface area contributed by atoms with Crippen LogP contribution in [0.3, 0.4) is 0 Å². The highest BCUT2D eigenvalue weighted by Gasteiger charge is 2.69. The van der Waals surface area contributed by atoms with Crippen LogP contribution in [0.4, 0.5) is 0 Å². The zero-order chi connectivity index (χ0) is 19.2. The van der Waals surface area contributed by atoms with Crippen molar-refractivity contribution in [2.75, 3.05) is 26.4 Å². The van der Waals surface area contributed by atoms with Gasteiger partial charge in [0.05, 0.1) is 26.4 Å². The van der Waals surface area contributed by atoms with Gasteiger partial charge in [0.15, 0.2) is 11.6 Å². The molecule has 0 radical (unpaired) electrons. The van der Waals surface area contributed by atoms with Crippen LogP contribution in [0.1, 0.15) is 58.8 Å². The lowest BCUT2D eigenvalue weighted by molar-refractivity contribution is -0.239. The summed E-state index contributed by atoms with van der Waals surface area (Å²) in [5.74, 6) is 0.484. The van der Waals surface area contributed by atoms with Crippen molar-refractivity contribution in [1.82, 2.24) is 0 Å². The number of allylic oxidation sites excluding steroid dienone is 1. The van der Waals surface area contributed by atoms with Gasteiger partial charge in [-0.15, -0.1) is 0 Å². The molecule has 3 saturated carbocycles. The molecule has 5 heteroatoms. The molecule has 0 aromatic heterocycles. The highest BCUT2D eigenvalue weighted by Crippen LogP contribution is 2.68. The third-order valence-electron chi connectivity index (χ3n) is 9.39. The number of carbonyl (C=O) groups excluding carboxylic acids is 1. The van der Waals surface area contributed by atoms with Crippen LogP contribution in [-0.4, -0.2) is 43.8 Å². The first-order valence-electron chi connectivity index (χ1n) is 11.2. The summed E-state index contributed by atoms with van der Waals surface area (Å²) in [6.45, 7) is 7.29. The van der Waals surface area contributed by atoms with Gasteiger partial charge < -0.3 is 18.9 Å². The van der Waals surface area contributed by atoms with E-state index in [0.29, 0.717) is 50.5 Å². The predicted molar refractivity (Wildman–Crippen MR) is 101 cm³/mol. The van der Waals surface area contributed by atoms with Gasteiger partial charge in [-0.25, -0.2) is 0 Å². The maximum atomic E-state index is 13.7. The van der Waals surface area contributed by atoms with E-state index in [9.17, 15) is 4.79 Å². The average molecular weight is 389 g/mol. The largest absolute Gasteiger partial charge is 0.347 e. The van der Waals surface area contributed by atoms with Crippen LogP contribution < -0.4 is 0 Å². The maximum absolute atomic E-state index is 13.7. The van der Waals surface area contributed by atoms with Crippen molar-refractivity contribution < 1.29 is 23.7 Å². The molecule has 2 spiro atoms. The number of hydrogen-bond acceptors (Lipinski definition) is 5. The van der Waals surface area contributed by atoms with Gasteiger partial charge in [0.2, 0.25) is 0 Å². The third kappa shape index (κ3) is 2.09. The SMILES string of the molecule is C[C@]12CCC3(C=C1CC[C@H]1[C@H]4CCC5(OCCO5)[C@]4(C)CC(=O)[C@@H]12)OCCO3. The molecule has 2 aliphatic heterocycles. The second kappa shape index (κ2) is 5.69. The highest BCUT2D eigenvalue weighted by atomic mass is 16.7. The zero-order valence-corrected chi connectivity index (χ0v) is 17.1. The minimum absolute atomic E-state index is 0.0466. The van der Waals surface area contributed by atoms with Crippen LogP contribution >= 0.6 is 0 Å². The van der Waals surface area contributed by atoms with Gasteiger partial charge in [-0.3, -0.25) is 4.79 Å². The quantitative estimate of drug-likeness (QED) is 0.594. The molecule has 28 heavy (non-hydrogen) atoms. The summed E-state index contributed by atoms with van der Waals surface area (Å²) in [5, 5.41) is 0. The second-order valence-electron chi connectivity index (χ2n) is 10.4. The van der Waals surface area contributed by atoms with Gasteiger partial charge in [-0.1, -0.05) is 19.4 Å². The smallest absolute Gasteiger partial charge is 0.188 e. The molecular weight excluding hydrogens is 356 g/mol. The lowest BCUT2D eigenvalue weighted by Crippen LogP contribution is -2.59. The number of fused-ring (bicyclic) bond motifs is 6. The number of rotatable bonds is 0. The molecule has 0 N–H and O–H groups in total. The van der Waals surface area contributed by atoms with Crippen molar-refractivity contribution in [1.29, 1.82) is 0 Å². The normalized spacial score (nSPS) is 48.4. The summed E-state index contributed by atoms with van der Waals surface area (Å²) in [7, 11) is 0. The topological polar surface area (TPSA) is 54.0 Å². The summed E-state index contributed by atoms with van der Waals surface area (Å²) in [5.41, 5.74) is 1.18. The average Bonchev–Trinajstić information content (AvgIpc) is 3.38. The van der Waals surface area contributed by atoms with Crippen LogP contribution in [0.25, 0.3) is 0 Å². The Bertz CT molecular complexity index is 731. The van der Waals surface area contributed by atoms with Crippen LogP contribution in [0.5, 0.6) is 0 Å². The Morgan fingerprint density at radius 2 is 1.64 bits per heavy atom. The van der Waals surface area contributed by atoms with E-state index < -0.39 is 11.6 Å². The lowest BCUT2D eigenvalue weighted by atomic mass is 9.46. The Balaban J connectivity index is 1.37. The Labute approximate surface area is 167 Å². The van der Waals surface area contributed by atoms with Crippen molar-refractivity contribution in [2.45, 2.75) is 70.4 Å². The van der Waals surface area contributed by atoms with Gasteiger partial charge in [-0.05, 0) is 49.0 Å². The van der Waals surface area contributed by atoms with Gasteiger partial charge in [0, 0.05) is 30.6 Å². The lowest BCUT2D eigenvalue weighted by Gasteiger charge is -2.58. The van der Waals surface area contributed by atoms with Crippen LogP contribution in [-0.2, 0) is 23.7 Å². The molecule has 0 aromatic carbocycles. The summed E-state index contributed by atoms with van der Waals surface area (Å²) < 4.78 is 24.3. The predicted octanol–water partition coefficient (Wildman–Crippen LogP) is 3.61. The van der Waals surface area contributed by atoms with Crippen LogP contribution in [0, 0.1) is 28.6 Å². The van der Waals surface area contributed by atoms with Crippen molar-refractivity contribution in [3.05, 3.63) is 11.6 Å². The molecule has 0 aromatic rings. The molecule has 2 saturated heterocycles. The van der Waals surface area contributed by atoms with E-state index in [2.05, 4.69) is 19.9 Å². The summed E-state index contributed by atoms with van der Waals surface area (Å²) in [6, 6.07) is 0. The fourth-order valence-electron chi connectivity index (χ4n) is 8.08. The van der Waals surface area contributed by atoms with E-state index in [0.717, 1.165) is 38.5 Å². The molecule has 4 aliphatic carbocycles. The molecule has 6 rings (SSSR count). The van der Waals surface area contributed by atoms with Gasteiger partial charge in [0.1, 0.15) is 5.78 Å². The Morgan fingerprint density at radius 1 is 0.929 bits per heavy atom. The molecule has 0 unspecified atom stereocenters. The van der Waals surface area contributed by atoms with Crippen molar-refractivity contribution in [2.24, 2.45) is 28.6 Å². The fourth-order valence-corrected chi connectivity index (χ4v) is 8.08. The Hall–Kier alpha value is -0.750. The second-order valence-corrected chi connectivity index (χ2v) is 10.4. The number of ketones is 1. The van der Waals surface area contributed by atoms with Gasteiger partial charge in [-0.2, -0.15) is 0 Å². The molecule has 5 fully saturated rings. The number of carbonyl (C=O) groups is 1. The first-order valence-corrected chi connectivity index (χ1v) is 11.2. The molecule has 5 atom stereocenters. The maximum Gasteiger partial charge on any atom is 0.188 e. The summed E-state index contributed by atoms with van der Waals surface area (Å²) in [4.78, 5) is 13.7. The van der Waals surface area contributed by atoms with Crippen LogP contribution in [0.15, 0.2) is 11.6 Å². The van der Waals surface area contributed by atoms with Gasteiger partial charge in [0.25, 0.3) is 0 Å². The highest BCUT2D eigenvalue weighted by molar-refractivity contribution is 5.85.